The van der Waals surface area contributed by atoms with Gasteiger partial charge >= 0.3 is 0 Å². The van der Waals surface area contributed by atoms with E-state index in [4.69, 9.17) is 10.2 Å². The van der Waals surface area contributed by atoms with Crippen molar-refractivity contribution in [3.05, 3.63) is 0 Å². The normalized spacial score (nSPS) is 11.4. The first-order valence-corrected chi connectivity index (χ1v) is 3.71. The van der Waals surface area contributed by atoms with Crippen molar-refractivity contribution >= 4 is 0 Å². The quantitative estimate of drug-likeness (QED) is 0.539. The fourth-order valence-corrected chi connectivity index (χ4v) is 0.798. The molecule has 2 N–H and O–H groups in total. The van der Waals surface area contributed by atoms with Crippen LogP contribution in [0.25, 0.3) is 0 Å². The molecule has 0 heterocycles. The first-order valence-electron chi connectivity index (χ1n) is 3.71. The lowest BCUT2D eigenvalue weighted by molar-refractivity contribution is -0.0573. The molecule has 0 aromatic rings. The van der Waals surface area contributed by atoms with Crippen LogP contribution in [0.15, 0.2) is 0 Å². The number of aliphatic hydroxyl groups is 2. The van der Waals surface area contributed by atoms with Crippen LogP contribution in [-0.2, 0) is 0 Å². The number of aliphatic hydroxyl groups excluding tert-OH is 1. The Morgan fingerprint density at radius 1 is 1.40 bits per heavy atom. The van der Waals surface area contributed by atoms with Crippen molar-refractivity contribution in [2.45, 2.75) is 26.1 Å². The Morgan fingerprint density at radius 3 is 2.40 bits per heavy atom. The van der Waals surface area contributed by atoms with Gasteiger partial charge in [-0.1, -0.05) is 13.3 Å². The summed E-state index contributed by atoms with van der Waals surface area (Å²) in [7, 11) is 1.88. The Labute approximate surface area is 62.3 Å². The molecule has 0 amide bonds. The molecular weight excluding hydrogens is 130 g/mol. The topological polar surface area (TPSA) is 43.7 Å². The first-order chi connectivity index (χ1) is 4.66. The summed E-state index contributed by atoms with van der Waals surface area (Å²) >= 11 is 0. The lowest BCUT2D eigenvalue weighted by Gasteiger charge is -2.16. The van der Waals surface area contributed by atoms with Crippen molar-refractivity contribution in [3.63, 3.8) is 0 Å². The van der Waals surface area contributed by atoms with E-state index in [1.165, 1.54) is 0 Å². The standard InChI is InChI=1S/C7H17NO2/c1-3-4-5-8(2)6-7(9)10/h7,9-10H,3-6H2,1-2H3. The molecule has 0 atom stereocenters. The molecule has 0 fully saturated rings. The molecule has 0 radical (unpaired) electrons. The molecule has 10 heavy (non-hydrogen) atoms. The van der Waals surface area contributed by atoms with Crippen LogP contribution in [-0.4, -0.2) is 41.5 Å². The highest BCUT2D eigenvalue weighted by atomic mass is 16.5. The molecule has 0 aromatic heterocycles. The van der Waals surface area contributed by atoms with E-state index in [9.17, 15) is 0 Å². The number of likely N-dealkylation sites (N-methyl/N-ethyl adjacent to an activating group) is 1. The molecule has 0 aliphatic carbocycles. The molecule has 0 unspecified atom stereocenters. The van der Waals surface area contributed by atoms with Gasteiger partial charge in [0.05, 0.1) is 0 Å². The van der Waals surface area contributed by atoms with Gasteiger partial charge in [-0.25, -0.2) is 0 Å². The number of unbranched alkanes of at least 4 members (excludes halogenated alkanes) is 1. The zero-order valence-electron chi connectivity index (χ0n) is 6.75. The van der Waals surface area contributed by atoms with Crippen LogP contribution in [0.2, 0.25) is 0 Å². The molecule has 0 saturated carbocycles. The zero-order chi connectivity index (χ0) is 7.98. The lowest BCUT2D eigenvalue weighted by atomic mass is 10.3. The molecular formula is C7H17NO2. The zero-order valence-corrected chi connectivity index (χ0v) is 6.75. The largest absolute Gasteiger partial charge is 0.367 e. The second-order valence-corrected chi connectivity index (χ2v) is 2.60. The maximum absolute atomic E-state index is 8.54. The van der Waals surface area contributed by atoms with Crippen molar-refractivity contribution in [2.24, 2.45) is 0 Å². The molecule has 0 bridgehead atoms. The first kappa shape index (κ1) is 9.88. The van der Waals surface area contributed by atoms with Gasteiger partial charge in [0, 0.05) is 6.54 Å². The molecule has 3 heteroatoms. The van der Waals surface area contributed by atoms with E-state index < -0.39 is 6.29 Å². The van der Waals surface area contributed by atoms with Crippen LogP contribution in [0.3, 0.4) is 0 Å². The summed E-state index contributed by atoms with van der Waals surface area (Å²) in [6, 6.07) is 0. The second kappa shape index (κ2) is 5.65. The molecule has 62 valence electrons. The maximum Gasteiger partial charge on any atom is 0.164 e. The highest BCUT2D eigenvalue weighted by Crippen LogP contribution is 1.91. The highest BCUT2D eigenvalue weighted by Gasteiger charge is 2.01. The molecule has 0 aliphatic rings. The van der Waals surface area contributed by atoms with E-state index >= 15 is 0 Å². The SMILES string of the molecule is CCCCN(C)CC(O)O. The fourth-order valence-electron chi connectivity index (χ4n) is 0.798. The van der Waals surface area contributed by atoms with E-state index in [-0.39, 0.29) is 0 Å². The van der Waals surface area contributed by atoms with Crippen molar-refractivity contribution in [1.82, 2.24) is 4.90 Å². The summed E-state index contributed by atoms with van der Waals surface area (Å²) in [6.45, 7) is 3.40. The number of hydrogen-bond acceptors (Lipinski definition) is 3. The van der Waals surface area contributed by atoms with Crippen LogP contribution in [0.4, 0.5) is 0 Å². The summed E-state index contributed by atoms with van der Waals surface area (Å²) in [5.74, 6) is 0. The van der Waals surface area contributed by atoms with Crippen molar-refractivity contribution in [1.29, 1.82) is 0 Å². The summed E-state index contributed by atoms with van der Waals surface area (Å²) in [5.41, 5.74) is 0. The summed E-state index contributed by atoms with van der Waals surface area (Å²) in [4.78, 5) is 1.91. The van der Waals surface area contributed by atoms with Gasteiger partial charge in [0.25, 0.3) is 0 Å². The third-order valence-electron chi connectivity index (χ3n) is 1.37. The van der Waals surface area contributed by atoms with Gasteiger partial charge in [-0.2, -0.15) is 0 Å². The Kier molecular flexibility index (Phi) is 5.58. The number of hydrogen-bond donors (Lipinski definition) is 2. The second-order valence-electron chi connectivity index (χ2n) is 2.60. The maximum atomic E-state index is 8.54. The Morgan fingerprint density at radius 2 is 2.00 bits per heavy atom. The number of rotatable bonds is 5. The minimum atomic E-state index is -1.19. The van der Waals surface area contributed by atoms with E-state index in [1.54, 1.807) is 0 Å². The third kappa shape index (κ3) is 6.01. The van der Waals surface area contributed by atoms with Gasteiger partial charge in [0.1, 0.15) is 0 Å². The van der Waals surface area contributed by atoms with Gasteiger partial charge in [-0.15, -0.1) is 0 Å². The summed E-state index contributed by atoms with van der Waals surface area (Å²) in [6.07, 6.45) is 1.07. The lowest BCUT2D eigenvalue weighted by Crippen LogP contribution is -2.29. The van der Waals surface area contributed by atoms with Crippen molar-refractivity contribution in [2.75, 3.05) is 20.1 Å². The van der Waals surface area contributed by atoms with Crippen LogP contribution < -0.4 is 0 Å². The predicted octanol–water partition coefficient (Wildman–Crippen LogP) is 0.0290. The Balaban J connectivity index is 3.16. The number of nitrogens with zero attached hydrogens (tertiary/aromatic N) is 1. The average molecular weight is 147 g/mol. The van der Waals surface area contributed by atoms with E-state index in [0.717, 1.165) is 19.4 Å². The minimum Gasteiger partial charge on any atom is -0.367 e. The van der Waals surface area contributed by atoms with Gasteiger partial charge in [0.15, 0.2) is 6.29 Å². The van der Waals surface area contributed by atoms with Gasteiger partial charge < -0.3 is 15.1 Å². The Bertz CT molecular complexity index is 76.0. The fraction of sp³-hybridized carbons (Fsp3) is 1.00. The van der Waals surface area contributed by atoms with E-state index in [1.807, 2.05) is 11.9 Å². The minimum absolute atomic E-state index is 0.347. The monoisotopic (exact) mass is 147 g/mol. The summed E-state index contributed by atoms with van der Waals surface area (Å²) < 4.78 is 0. The molecule has 3 nitrogen and oxygen atoms in total. The predicted molar refractivity (Wildman–Crippen MR) is 40.6 cm³/mol. The average Bonchev–Trinajstić information content (AvgIpc) is 1.82. The molecule has 0 spiro atoms. The smallest absolute Gasteiger partial charge is 0.164 e. The van der Waals surface area contributed by atoms with Crippen LogP contribution in [0.5, 0.6) is 0 Å². The molecule has 0 aliphatic heterocycles. The highest BCUT2D eigenvalue weighted by molar-refractivity contribution is 4.50. The van der Waals surface area contributed by atoms with Crippen LogP contribution >= 0.6 is 0 Å². The van der Waals surface area contributed by atoms with Crippen LogP contribution in [0.1, 0.15) is 19.8 Å². The van der Waals surface area contributed by atoms with E-state index in [0.29, 0.717) is 6.54 Å². The summed E-state index contributed by atoms with van der Waals surface area (Å²) in [5, 5.41) is 17.1. The van der Waals surface area contributed by atoms with Gasteiger partial charge in [-0.05, 0) is 20.0 Å². The van der Waals surface area contributed by atoms with Gasteiger partial charge in [-0.3, -0.25) is 0 Å². The molecule has 0 aromatic carbocycles. The molecule has 0 rings (SSSR count). The van der Waals surface area contributed by atoms with Crippen molar-refractivity contribution < 1.29 is 10.2 Å². The Hall–Kier alpha value is -0.120. The van der Waals surface area contributed by atoms with E-state index in [2.05, 4.69) is 6.92 Å². The van der Waals surface area contributed by atoms with Crippen LogP contribution in [0, 0.1) is 0 Å². The molecule has 0 saturated heterocycles. The van der Waals surface area contributed by atoms with Gasteiger partial charge in [0.2, 0.25) is 0 Å². The van der Waals surface area contributed by atoms with Crippen molar-refractivity contribution in [3.8, 4) is 0 Å². The third-order valence-corrected chi connectivity index (χ3v) is 1.37.